The van der Waals surface area contributed by atoms with Gasteiger partial charge in [0.2, 0.25) is 5.82 Å². The Labute approximate surface area is 74.5 Å². The van der Waals surface area contributed by atoms with Crippen LogP contribution >= 0.6 is 0 Å². The summed E-state index contributed by atoms with van der Waals surface area (Å²) < 4.78 is 23.7. The van der Waals surface area contributed by atoms with Crippen molar-refractivity contribution in [3.63, 3.8) is 0 Å². The molecule has 0 fully saturated rings. The van der Waals surface area contributed by atoms with Crippen molar-refractivity contribution in [2.24, 2.45) is 0 Å². The van der Waals surface area contributed by atoms with Crippen molar-refractivity contribution in [2.45, 2.75) is 12.3 Å². The zero-order valence-electron chi connectivity index (χ0n) is 6.67. The number of carbonyl (C=O) groups is 1. The second kappa shape index (κ2) is 2.63. The summed E-state index contributed by atoms with van der Waals surface area (Å²) in [5, 5.41) is 3.81. The van der Waals surface area contributed by atoms with Gasteiger partial charge in [0.1, 0.15) is 11.6 Å². The number of aryl methyl sites for hydroxylation is 1. The van der Waals surface area contributed by atoms with Gasteiger partial charge >= 0.3 is 0 Å². The molecule has 0 N–H and O–H groups in total. The summed E-state index contributed by atoms with van der Waals surface area (Å²) in [6.45, 7) is 0.290. The maximum atomic E-state index is 11.1. The van der Waals surface area contributed by atoms with E-state index in [0.717, 1.165) is 0 Å². The van der Waals surface area contributed by atoms with Crippen molar-refractivity contribution >= 4 is 16.1 Å². The van der Waals surface area contributed by atoms with Crippen molar-refractivity contribution in [1.29, 1.82) is 0 Å². The highest BCUT2D eigenvalue weighted by atomic mass is 32.2. The van der Waals surface area contributed by atoms with Crippen LogP contribution in [-0.4, -0.2) is 35.2 Å². The summed E-state index contributed by atoms with van der Waals surface area (Å²) in [5.41, 5.74) is 0. The molecule has 0 unspecified atom stereocenters. The molecular weight excluding hydrogens is 194 g/mol. The molecule has 0 spiro atoms. The van der Waals surface area contributed by atoms with Crippen LogP contribution in [0.3, 0.4) is 0 Å². The van der Waals surface area contributed by atoms with Gasteiger partial charge in [-0.2, -0.15) is 0 Å². The van der Waals surface area contributed by atoms with Gasteiger partial charge in [-0.25, -0.2) is 18.1 Å². The third-order valence-electron chi connectivity index (χ3n) is 1.83. The van der Waals surface area contributed by atoms with Gasteiger partial charge in [-0.3, -0.25) is 4.79 Å². The first-order valence-corrected chi connectivity index (χ1v) is 5.52. The van der Waals surface area contributed by atoms with Crippen LogP contribution < -0.4 is 0 Å². The van der Waals surface area contributed by atoms with Gasteiger partial charge < -0.3 is 0 Å². The highest BCUT2D eigenvalue weighted by molar-refractivity contribution is 7.90. The molecule has 1 aromatic rings. The Balaban J connectivity index is 2.46. The molecule has 13 heavy (non-hydrogen) atoms. The molecule has 2 rings (SSSR count). The van der Waals surface area contributed by atoms with Crippen LogP contribution in [-0.2, 0) is 22.1 Å². The van der Waals surface area contributed by atoms with E-state index in [4.69, 9.17) is 0 Å². The summed E-state index contributed by atoms with van der Waals surface area (Å²) in [4.78, 5) is 14.1. The van der Waals surface area contributed by atoms with Gasteiger partial charge in [-0.05, 0) is 0 Å². The lowest BCUT2D eigenvalue weighted by molar-refractivity contribution is 0.111. The Hall–Kier alpha value is -1.24. The number of nitrogens with zero attached hydrogens (tertiary/aromatic N) is 3. The number of hydrogen-bond donors (Lipinski definition) is 0. The van der Waals surface area contributed by atoms with Crippen LogP contribution in [0.15, 0.2) is 0 Å². The second-order valence-electron chi connectivity index (χ2n) is 2.82. The Morgan fingerprint density at radius 2 is 2.23 bits per heavy atom. The van der Waals surface area contributed by atoms with Gasteiger partial charge in [0, 0.05) is 0 Å². The molecule has 1 aromatic heterocycles. The molecule has 0 aliphatic carbocycles. The average molecular weight is 201 g/mol. The number of aromatic nitrogens is 3. The molecule has 0 atom stereocenters. The first-order chi connectivity index (χ1) is 6.11. The lowest BCUT2D eigenvalue weighted by atomic mass is 10.6. The summed E-state index contributed by atoms with van der Waals surface area (Å²) in [6.07, 6.45) is 0.512. The van der Waals surface area contributed by atoms with Crippen LogP contribution in [0.2, 0.25) is 0 Å². The molecule has 6 nitrogen and oxygen atoms in total. The molecular formula is C6H7N3O3S. The highest BCUT2D eigenvalue weighted by Gasteiger charge is 2.23. The topological polar surface area (TPSA) is 81.9 Å². The normalized spacial score (nSPS) is 19.4. The molecule has 0 amide bonds. The molecule has 0 saturated heterocycles. The first-order valence-electron chi connectivity index (χ1n) is 3.70. The molecule has 70 valence electrons. The highest BCUT2D eigenvalue weighted by Crippen LogP contribution is 2.11. The standard InChI is InChI=1S/C6H7N3O3S/c10-3-5-7-6-4-13(11,12)2-1-9(6)8-5/h3H,1-2,4H2. The fourth-order valence-electron chi connectivity index (χ4n) is 1.22. The third-order valence-corrected chi connectivity index (χ3v) is 3.34. The Morgan fingerprint density at radius 1 is 1.46 bits per heavy atom. The molecule has 0 saturated carbocycles. The Bertz CT molecular complexity index is 448. The van der Waals surface area contributed by atoms with Crippen LogP contribution in [0, 0.1) is 0 Å². The first kappa shape index (κ1) is 8.36. The van der Waals surface area contributed by atoms with Crippen LogP contribution in [0.25, 0.3) is 0 Å². The zero-order valence-corrected chi connectivity index (χ0v) is 7.49. The minimum absolute atomic E-state index is 0.0482. The number of fused-ring (bicyclic) bond motifs is 1. The fraction of sp³-hybridized carbons (Fsp3) is 0.500. The molecule has 0 bridgehead atoms. The van der Waals surface area contributed by atoms with E-state index in [-0.39, 0.29) is 17.3 Å². The van der Waals surface area contributed by atoms with Gasteiger partial charge in [0.25, 0.3) is 0 Å². The molecule has 1 aliphatic rings. The van der Waals surface area contributed by atoms with E-state index in [1.54, 1.807) is 0 Å². The lowest BCUT2D eigenvalue weighted by Gasteiger charge is -2.11. The summed E-state index contributed by atoms with van der Waals surface area (Å²) in [7, 11) is -3.03. The largest absolute Gasteiger partial charge is 0.294 e. The fourth-order valence-corrected chi connectivity index (χ4v) is 2.43. The van der Waals surface area contributed by atoms with Crippen molar-refractivity contribution in [1.82, 2.24) is 14.8 Å². The van der Waals surface area contributed by atoms with E-state index in [1.165, 1.54) is 4.68 Å². The minimum Gasteiger partial charge on any atom is -0.294 e. The second-order valence-corrected chi connectivity index (χ2v) is 5.00. The van der Waals surface area contributed by atoms with Crippen LogP contribution in [0.1, 0.15) is 16.4 Å². The van der Waals surface area contributed by atoms with Crippen LogP contribution in [0.5, 0.6) is 0 Å². The third kappa shape index (κ3) is 1.46. The summed E-state index contributed by atoms with van der Waals surface area (Å²) in [6, 6.07) is 0. The van der Waals surface area contributed by atoms with E-state index in [2.05, 4.69) is 10.1 Å². The Morgan fingerprint density at radius 3 is 2.92 bits per heavy atom. The number of sulfone groups is 1. The SMILES string of the molecule is O=Cc1nc2n(n1)CCS(=O)(=O)C2. The zero-order chi connectivity index (χ0) is 9.47. The van der Waals surface area contributed by atoms with Gasteiger partial charge in [0.05, 0.1) is 12.3 Å². The number of aldehydes is 1. The smallest absolute Gasteiger partial charge is 0.214 e. The van der Waals surface area contributed by atoms with Crippen molar-refractivity contribution < 1.29 is 13.2 Å². The van der Waals surface area contributed by atoms with Crippen molar-refractivity contribution in [3.05, 3.63) is 11.6 Å². The van der Waals surface area contributed by atoms with Crippen molar-refractivity contribution in [2.75, 3.05) is 5.75 Å². The quantitative estimate of drug-likeness (QED) is 0.545. The van der Waals surface area contributed by atoms with Gasteiger partial charge in [0.15, 0.2) is 16.1 Å². The van der Waals surface area contributed by atoms with Crippen LogP contribution in [0.4, 0.5) is 0 Å². The molecule has 0 radical (unpaired) electrons. The van der Waals surface area contributed by atoms with Crippen molar-refractivity contribution in [3.8, 4) is 0 Å². The lowest BCUT2D eigenvalue weighted by Crippen LogP contribution is -2.24. The maximum absolute atomic E-state index is 11.1. The van der Waals surface area contributed by atoms with E-state index in [1.807, 2.05) is 0 Å². The summed E-state index contributed by atoms with van der Waals surface area (Å²) >= 11 is 0. The number of rotatable bonds is 1. The predicted octanol–water partition coefficient (Wildman–Crippen LogP) is -0.981. The molecule has 7 heteroatoms. The number of hydrogen-bond acceptors (Lipinski definition) is 5. The van der Waals surface area contributed by atoms with E-state index < -0.39 is 9.84 Å². The monoisotopic (exact) mass is 201 g/mol. The maximum Gasteiger partial charge on any atom is 0.214 e. The molecule has 1 aliphatic heterocycles. The van der Waals surface area contributed by atoms with E-state index >= 15 is 0 Å². The summed E-state index contributed by atoms with van der Waals surface area (Å²) in [5.74, 6) is 0.357. The molecule has 2 heterocycles. The minimum atomic E-state index is -3.03. The Kier molecular flexibility index (Phi) is 1.69. The van der Waals surface area contributed by atoms with Gasteiger partial charge in [-0.1, -0.05) is 0 Å². The van der Waals surface area contributed by atoms with Gasteiger partial charge in [-0.15, -0.1) is 5.10 Å². The average Bonchev–Trinajstić information content (AvgIpc) is 2.44. The van der Waals surface area contributed by atoms with E-state index in [0.29, 0.717) is 18.7 Å². The van der Waals surface area contributed by atoms with E-state index in [9.17, 15) is 13.2 Å². The predicted molar refractivity (Wildman–Crippen MR) is 42.9 cm³/mol. The molecule has 0 aromatic carbocycles. The number of carbonyl (C=O) groups excluding carboxylic acids is 1.